The van der Waals surface area contributed by atoms with E-state index in [1.165, 1.54) is 0 Å². The molecule has 0 radical (unpaired) electrons. The van der Waals surface area contributed by atoms with Crippen molar-refractivity contribution in [2.75, 3.05) is 11.9 Å². The molecule has 0 unspecified atom stereocenters. The SMILES string of the molecule is CN(Cc1ccccn1)c1ccc(Cl)cc1CN. The molecular formula is C14H16ClN3. The molecule has 2 N–H and O–H groups in total. The first kappa shape index (κ1) is 12.9. The molecule has 1 aromatic carbocycles. The summed E-state index contributed by atoms with van der Waals surface area (Å²) in [6.07, 6.45) is 1.80. The van der Waals surface area contributed by atoms with Crippen LogP contribution in [0.15, 0.2) is 42.6 Å². The summed E-state index contributed by atoms with van der Waals surface area (Å²) in [5.74, 6) is 0. The van der Waals surface area contributed by atoms with Gasteiger partial charge in [0.05, 0.1) is 12.2 Å². The summed E-state index contributed by atoms with van der Waals surface area (Å²) in [7, 11) is 2.02. The lowest BCUT2D eigenvalue weighted by atomic mass is 10.1. The third kappa shape index (κ3) is 3.00. The zero-order chi connectivity index (χ0) is 13.0. The second-order valence-electron chi connectivity index (χ2n) is 4.15. The quantitative estimate of drug-likeness (QED) is 0.920. The molecule has 1 aromatic heterocycles. The Labute approximate surface area is 112 Å². The van der Waals surface area contributed by atoms with E-state index in [0.717, 1.165) is 23.5 Å². The van der Waals surface area contributed by atoms with Crippen LogP contribution in [-0.2, 0) is 13.1 Å². The highest BCUT2D eigenvalue weighted by molar-refractivity contribution is 6.30. The van der Waals surface area contributed by atoms with Gasteiger partial charge in [0.2, 0.25) is 0 Å². The fraction of sp³-hybridized carbons (Fsp3) is 0.214. The monoisotopic (exact) mass is 261 g/mol. The first-order valence-electron chi connectivity index (χ1n) is 5.80. The molecule has 0 atom stereocenters. The van der Waals surface area contributed by atoms with Gasteiger partial charge >= 0.3 is 0 Å². The number of nitrogens with two attached hydrogens (primary N) is 1. The van der Waals surface area contributed by atoms with Crippen molar-refractivity contribution in [1.29, 1.82) is 0 Å². The van der Waals surface area contributed by atoms with E-state index in [4.69, 9.17) is 17.3 Å². The van der Waals surface area contributed by atoms with Crippen LogP contribution in [0.5, 0.6) is 0 Å². The van der Waals surface area contributed by atoms with E-state index in [9.17, 15) is 0 Å². The van der Waals surface area contributed by atoms with Crippen molar-refractivity contribution in [2.24, 2.45) is 5.73 Å². The minimum Gasteiger partial charge on any atom is -0.368 e. The molecule has 0 aliphatic carbocycles. The third-order valence-electron chi connectivity index (χ3n) is 2.80. The molecule has 2 rings (SSSR count). The second kappa shape index (κ2) is 5.85. The zero-order valence-corrected chi connectivity index (χ0v) is 11.1. The summed E-state index contributed by atoms with van der Waals surface area (Å²) in [6.45, 7) is 1.22. The Hall–Kier alpha value is -1.58. The van der Waals surface area contributed by atoms with Crippen LogP contribution in [0.1, 0.15) is 11.3 Å². The second-order valence-corrected chi connectivity index (χ2v) is 4.59. The number of halogens is 1. The Kier molecular flexibility index (Phi) is 4.18. The number of anilines is 1. The van der Waals surface area contributed by atoms with Gasteiger partial charge in [-0.1, -0.05) is 17.7 Å². The molecule has 94 valence electrons. The Morgan fingerprint density at radius 2 is 2.11 bits per heavy atom. The molecule has 4 heteroatoms. The number of hydrogen-bond acceptors (Lipinski definition) is 3. The van der Waals surface area contributed by atoms with E-state index in [1.54, 1.807) is 6.20 Å². The fourth-order valence-corrected chi connectivity index (χ4v) is 2.10. The van der Waals surface area contributed by atoms with Gasteiger partial charge in [-0.3, -0.25) is 4.98 Å². The van der Waals surface area contributed by atoms with Crippen molar-refractivity contribution in [3.05, 3.63) is 58.9 Å². The van der Waals surface area contributed by atoms with Gasteiger partial charge < -0.3 is 10.6 Å². The van der Waals surface area contributed by atoms with Crippen molar-refractivity contribution in [3.63, 3.8) is 0 Å². The van der Waals surface area contributed by atoms with Crippen molar-refractivity contribution >= 4 is 17.3 Å². The van der Waals surface area contributed by atoms with Crippen LogP contribution < -0.4 is 10.6 Å². The third-order valence-corrected chi connectivity index (χ3v) is 3.03. The maximum atomic E-state index is 5.97. The highest BCUT2D eigenvalue weighted by Crippen LogP contribution is 2.24. The lowest BCUT2D eigenvalue weighted by Gasteiger charge is -2.22. The summed E-state index contributed by atoms with van der Waals surface area (Å²) in [5.41, 5.74) is 8.91. The molecule has 0 saturated carbocycles. The van der Waals surface area contributed by atoms with Gasteiger partial charge in [0, 0.05) is 30.5 Å². The molecule has 2 aromatic rings. The first-order valence-corrected chi connectivity index (χ1v) is 6.18. The molecule has 0 aliphatic rings. The van der Waals surface area contributed by atoms with Crippen LogP contribution >= 0.6 is 11.6 Å². The van der Waals surface area contributed by atoms with E-state index in [0.29, 0.717) is 11.6 Å². The van der Waals surface area contributed by atoms with Crippen molar-refractivity contribution in [1.82, 2.24) is 4.98 Å². The molecule has 0 aliphatic heterocycles. The summed E-state index contributed by atoms with van der Waals surface area (Å²) in [5, 5.41) is 0.713. The Morgan fingerprint density at radius 1 is 1.28 bits per heavy atom. The average Bonchev–Trinajstić information content (AvgIpc) is 2.39. The Balaban J connectivity index is 2.21. The zero-order valence-electron chi connectivity index (χ0n) is 10.3. The van der Waals surface area contributed by atoms with Crippen LogP contribution in [0.4, 0.5) is 5.69 Å². The van der Waals surface area contributed by atoms with Crippen molar-refractivity contribution in [3.8, 4) is 0 Å². The van der Waals surface area contributed by atoms with Crippen LogP contribution in [0, 0.1) is 0 Å². The molecule has 3 nitrogen and oxygen atoms in total. The van der Waals surface area contributed by atoms with Crippen LogP contribution in [0.25, 0.3) is 0 Å². The molecule has 0 amide bonds. The molecule has 18 heavy (non-hydrogen) atoms. The van der Waals surface area contributed by atoms with Crippen molar-refractivity contribution < 1.29 is 0 Å². The Bertz CT molecular complexity index is 514. The average molecular weight is 262 g/mol. The topological polar surface area (TPSA) is 42.2 Å². The van der Waals surface area contributed by atoms with Gasteiger partial charge in [-0.25, -0.2) is 0 Å². The van der Waals surface area contributed by atoms with Crippen LogP contribution in [0.3, 0.4) is 0 Å². The molecule has 0 fully saturated rings. The van der Waals surface area contributed by atoms with Gasteiger partial charge in [-0.2, -0.15) is 0 Å². The standard InChI is InChI=1S/C14H16ClN3/c1-18(10-13-4-2-3-7-17-13)14-6-5-12(15)8-11(14)9-16/h2-8H,9-10,16H2,1H3. The predicted molar refractivity (Wildman–Crippen MR) is 75.7 cm³/mol. The minimum atomic E-state index is 0.475. The minimum absolute atomic E-state index is 0.475. The molecule has 0 spiro atoms. The number of nitrogens with zero attached hydrogens (tertiary/aromatic N) is 2. The predicted octanol–water partition coefficient (Wildman–Crippen LogP) is 2.83. The number of hydrogen-bond donors (Lipinski definition) is 1. The highest BCUT2D eigenvalue weighted by atomic mass is 35.5. The summed E-state index contributed by atoms with van der Waals surface area (Å²) in [4.78, 5) is 6.44. The van der Waals surface area contributed by atoms with Crippen LogP contribution in [0.2, 0.25) is 5.02 Å². The number of pyridine rings is 1. The lowest BCUT2D eigenvalue weighted by molar-refractivity contribution is 0.872. The molecule has 0 bridgehead atoms. The van der Waals surface area contributed by atoms with Gasteiger partial charge in [-0.05, 0) is 35.9 Å². The molecule has 0 saturated heterocycles. The van der Waals surface area contributed by atoms with E-state index < -0.39 is 0 Å². The largest absolute Gasteiger partial charge is 0.368 e. The van der Waals surface area contributed by atoms with Gasteiger partial charge in [0.15, 0.2) is 0 Å². The van der Waals surface area contributed by atoms with E-state index in [1.807, 2.05) is 43.4 Å². The summed E-state index contributed by atoms with van der Waals surface area (Å²) < 4.78 is 0. The maximum absolute atomic E-state index is 5.97. The smallest absolute Gasteiger partial charge is 0.0598 e. The fourth-order valence-electron chi connectivity index (χ4n) is 1.91. The summed E-state index contributed by atoms with van der Waals surface area (Å²) in [6, 6.07) is 11.7. The number of aromatic nitrogens is 1. The van der Waals surface area contributed by atoms with Crippen molar-refractivity contribution in [2.45, 2.75) is 13.1 Å². The summed E-state index contributed by atoms with van der Waals surface area (Å²) >= 11 is 5.97. The normalized spacial score (nSPS) is 10.4. The first-order chi connectivity index (χ1) is 8.70. The Morgan fingerprint density at radius 3 is 2.78 bits per heavy atom. The van der Waals surface area contributed by atoms with Gasteiger partial charge in [0.25, 0.3) is 0 Å². The van der Waals surface area contributed by atoms with Gasteiger partial charge in [-0.15, -0.1) is 0 Å². The highest BCUT2D eigenvalue weighted by Gasteiger charge is 2.08. The molecule has 1 heterocycles. The van der Waals surface area contributed by atoms with E-state index in [-0.39, 0.29) is 0 Å². The van der Waals surface area contributed by atoms with Gasteiger partial charge in [0.1, 0.15) is 0 Å². The van der Waals surface area contributed by atoms with E-state index in [2.05, 4.69) is 9.88 Å². The molecular weight excluding hydrogens is 246 g/mol. The maximum Gasteiger partial charge on any atom is 0.0598 e. The number of benzene rings is 1. The van der Waals surface area contributed by atoms with E-state index >= 15 is 0 Å². The lowest BCUT2D eigenvalue weighted by Crippen LogP contribution is -2.19. The van der Waals surface area contributed by atoms with Crippen LogP contribution in [-0.4, -0.2) is 12.0 Å². The number of rotatable bonds is 4.